The number of fused-ring (bicyclic) bond motifs is 2. The van der Waals surface area contributed by atoms with Gasteiger partial charge in [0.05, 0.1) is 5.92 Å². The Bertz CT molecular complexity index is 487. The average molecular weight is 286 g/mol. The summed E-state index contributed by atoms with van der Waals surface area (Å²) in [6.45, 7) is 2.53. The smallest absolute Gasteiger partial charge is 0.229 e. The molecule has 5 unspecified atom stereocenters. The Hall–Kier alpha value is -1.35. The van der Waals surface area contributed by atoms with Crippen LogP contribution in [0, 0.1) is 17.8 Å². The standard InChI is InChI=1S/C18H26N2O/c1-12(16-10-13-7-8-15(16)9-13)20-18(21)17(11-19)14-5-3-2-4-6-14/h2-6,12-13,15-17H,7-11,19H2,1H3,(H,20,21). The molecule has 114 valence electrons. The highest BCUT2D eigenvalue weighted by Gasteiger charge is 2.42. The molecule has 0 aromatic heterocycles. The Balaban J connectivity index is 1.62. The molecule has 2 saturated carbocycles. The van der Waals surface area contributed by atoms with Crippen LogP contribution in [0.3, 0.4) is 0 Å². The summed E-state index contributed by atoms with van der Waals surface area (Å²) in [4.78, 5) is 12.6. The summed E-state index contributed by atoms with van der Waals surface area (Å²) >= 11 is 0. The van der Waals surface area contributed by atoms with Crippen LogP contribution < -0.4 is 11.1 Å². The van der Waals surface area contributed by atoms with Crippen molar-refractivity contribution in [1.29, 1.82) is 0 Å². The normalized spacial score (nSPS) is 30.1. The lowest BCUT2D eigenvalue weighted by Gasteiger charge is -2.29. The largest absolute Gasteiger partial charge is 0.353 e. The van der Waals surface area contributed by atoms with Crippen molar-refractivity contribution >= 4 is 5.91 Å². The monoisotopic (exact) mass is 286 g/mol. The number of nitrogens with two attached hydrogens (primary N) is 1. The molecule has 2 aliphatic carbocycles. The van der Waals surface area contributed by atoms with Gasteiger partial charge in [0.15, 0.2) is 0 Å². The van der Waals surface area contributed by atoms with Gasteiger partial charge in [-0.2, -0.15) is 0 Å². The number of carbonyl (C=O) groups is 1. The van der Waals surface area contributed by atoms with E-state index >= 15 is 0 Å². The van der Waals surface area contributed by atoms with Crippen LogP contribution in [0.25, 0.3) is 0 Å². The number of benzene rings is 1. The van der Waals surface area contributed by atoms with Crippen LogP contribution in [-0.4, -0.2) is 18.5 Å². The maximum Gasteiger partial charge on any atom is 0.229 e. The zero-order valence-electron chi connectivity index (χ0n) is 12.8. The third-order valence-corrected chi connectivity index (χ3v) is 5.56. The van der Waals surface area contributed by atoms with Crippen molar-refractivity contribution in [2.24, 2.45) is 23.5 Å². The first-order valence-electron chi connectivity index (χ1n) is 8.24. The fourth-order valence-electron chi connectivity index (χ4n) is 4.42. The molecule has 0 saturated heterocycles. The van der Waals surface area contributed by atoms with E-state index in [1.807, 2.05) is 30.3 Å². The Morgan fingerprint density at radius 2 is 2.05 bits per heavy atom. The molecule has 2 aliphatic rings. The van der Waals surface area contributed by atoms with Gasteiger partial charge in [0.1, 0.15) is 0 Å². The second kappa shape index (κ2) is 6.18. The van der Waals surface area contributed by atoms with Crippen LogP contribution in [0.1, 0.15) is 44.1 Å². The van der Waals surface area contributed by atoms with E-state index in [1.165, 1.54) is 25.7 Å². The quantitative estimate of drug-likeness (QED) is 0.874. The van der Waals surface area contributed by atoms with Gasteiger partial charge in [0.25, 0.3) is 0 Å². The fourth-order valence-corrected chi connectivity index (χ4v) is 4.42. The van der Waals surface area contributed by atoms with Gasteiger partial charge in [0, 0.05) is 12.6 Å². The Morgan fingerprint density at radius 1 is 1.29 bits per heavy atom. The fraction of sp³-hybridized carbons (Fsp3) is 0.611. The van der Waals surface area contributed by atoms with Crippen LogP contribution in [0.4, 0.5) is 0 Å². The number of nitrogens with one attached hydrogen (secondary N) is 1. The first kappa shape index (κ1) is 14.6. The molecule has 1 amide bonds. The van der Waals surface area contributed by atoms with Gasteiger partial charge < -0.3 is 11.1 Å². The van der Waals surface area contributed by atoms with Crippen molar-refractivity contribution in [3.8, 4) is 0 Å². The molecule has 2 bridgehead atoms. The van der Waals surface area contributed by atoms with Crippen LogP contribution >= 0.6 is 0 Å². The Labute approximate surface area is 127 Å². The van der Waals surface area contributed by atoms with E-state index in [2.05, 4.69) is 12.2 Å². The van der Waals surface area contributed by atoms with Gasteiger partial charge in [-0.3, -0.25) is 4.79 Å². The molecular weight excluding hydrogens is 260 g/mol. The summed E-state index contributed by atoms with van der Waals surface area (Å²) in [5.74, 6) is 2.27. The van der Waals surface area contributed by atoms with Crippen molar-refractivity contribution < 1.29 is 4.79 Å². The second-order valence-electron chi connectivity index (χ2n) is 6.83. The van der Waals surface area contributed by atoms with E-state index in [0.717, 1.165) is 17.4 Å². The van der Waals surface area contributed by atoms with Gasteiger partial charge in [-0.15, -0.1) is 0 Å². The van der Waals surface area contributed by atoms with Gasteiger partial charge in [-0.05, 0) is 49.5 Å². The van der Waals surface area contributed by atoms with Crippen LogP contribution in [0.15, 0.2) is 30.3 Å². The Kier molecular flexibility index (Phi) is 4.29. The molecule has 5 atom stereocenters. The zero-order chi connectivity index (χ0) is 14.8. The van der Waals surface area contributed by atoms with E-state index in [4.69, 9.17) is 5.73 Å². The highest BCUT2D eigenvalue weighted by atomic mass is 16.2. The van der Waals surface area contributed by atoms with Crippen LogP contribution in [0.5, 0.6) is 0 Å². The molecule has 1 aromatic rings. The van der Waals surface area contributed by atoms with Gasteiger partial charge in [-0.1, -0.05) is 36.8 Å². The topological polar surface area (TPSA) is 55.1 Å². The first-order chi connectivity index (χ1) is 10.2. The summed E-state index contributed by atoms with van der Waals surface area (Å²) in [5.41, 5.74) is 6.85. The van der Waals surface area contributed by atoms with Gasteiger partial charge in [-0.25, -0.2) is 0 Å². The second-order valence-corrected chi connectivity index (χ2v) is 6.83. The lowest BCUT2D eigenvalue weighted by molar-refractivity contribution is -0.123. The van der Waals surface area contributed by atoms with Gasteiger partial charge >= 0.3 is 0 Å². The lowest BCUT2D eigenvalue weighted by atomic mass is 9.83. The average Bonchev–Trinajstić information content (AvgIpc) is 3.12. The maximum atomic E-state index is 12.6. The third-order valence-electron chi connectivity index (χ3n) is 5.56. The predicted octanol–water partition coefficient (Wildman–Crippen LogP) is 2.67. The van der Waals surface area contributed by atoms with Crippen molar-refractivity contribution in [1.82, 2.24) is 5.32 Å². The molecule has 2 fully saturated rings. The van der Waals surface area contributed by atoms with Crippen molar-refractivity contribution in [2.75, 3.05) is 6.54 Å². The highest BCUT2D eigenvalue weighted by molar-refractivity contribution is 5.84. The summed E-state index contributed by atoms with van der Waals surface area (Å²) in [6.07, 6.45) is 5.43. The minimum atomic E-state index is -0.229. The molecule has 21 heavy (non-hydrogen) atoms. The number of hydrogen-bond acceptors (Lipinski definition) is 2. The minimum Gasteiger partial charge on any atom is -0.353 e. The van der Waals surface area contributed by atoms with Crippen molar-refractivity contribution in [3.05, 3.63) is 35.9 Å². The summed E-state index contributed by atoms with van der Waals surface area (Å²) in [6, 6.07) is 10.1. The number of carbonyl (C=O) groups excluding carboxylic acids is 1. The maximum absolute atomic E-state index is 12.6. The SMILES string of the molecule is CC(NC(=O)C(CN)c1ccccc1)C1CC2CCC1C2. The molecule has 0 heterocycles. The van der Waals surface area contributed by atoms with Crippen molar-refractivity contribution in [2.45, 2.75) is 44.6 Å². The van der Waals surface area contributed by atoms with Crippen LogP contribution in [0.2, 0.25) is 0 Å². The molecule has 3 heteroatoms. The number of hydrogen-bond donors (Lipinski definition) is 2. The summed E-state index contributed by atoms with van der Waals surface area (Å²) < 4.78 is 0. The van der Waals surface area contributed by atoms with Gasteiger partial charge in [0.2, 0.25) is 5.91 Å². The van der Waals surface area contributed by atoms with Crippen LogP contribution in [-0.2, 0) is 4.79 Å². The Morgan fingerprint density at radius 3 is 2.62 bits per heavy atom. The van der Waals surface area contributed by atoms with E-state index in [-0.39, 0.29) is 17.9 Å². The summed E-state index contributed by atoms with van der Waals surface area (Å²) in [5, 5.41) is 3.24. The van der Waals surface area contributed by atoms with E-state index < -0.39 is 0 Å². The highest BCUT2D eigenvalue weighted by Crippen LogP contribution is 2.49. The number of rotatable bonds is 5. The molecular formula is C18H26N2O. The molecule has 0 radical (unpaired) electrons. The lowest BCUT2D eigenvalue weighted by Crippen LogP contribution is -2.43. The summed E-state index contributed by atoms with van der Waals surface area (Å²) in [7, 11) is 0. The van der Waals surface area contributed by atoms with E-state index in [0.29, 0.717) is 12.5 Å². The molecule has 1 aromatic carbocycles. The molecule has 0 aliphatic heterocycles. The molecule has 3 rings (SSSR count). The molecule has 3 nitrogen and oxygen atoms in total. The van der Waals surface area contributed by atoms with Crippen molar-refractivity contribution in [3.63, 3.8) is 0 Å². The molecule has 0 spiro atoms. The minimum absolute atomic E-state index is 0.0824. The van der Waals surface area contributed by atoms with E-state index in [9.17, 15) is 4.79 Å². The predicted molar refractivity (Wildman–Crippen MR) is 84.8 cm³/mol. The third kappa shape index (κ3) is 2.98. The first-order valence-corrected chi connectivity index (χ1v) is 8.24. The van der Waals surface area contributed by atoms with E-state index in [1.54, 1.807) is 0 Å². The zero-order valence-corrected chi connectivity index (χ0v) is 12.8. The number of amides is 1. The molecule has 3 N–H and O–H groups in total.